The van der Waals surface area contributed by atoms with E-state index in [0.29, 0.717) is 12.5 Å². The highest BCUT2D eigenvalue weighted by Gasteiger charge is 2.25. The third kappa shape index (κ3) is 8.03. The molecule has 0 heterocycles. The van der Waals surface area contributed by atoms with Gasteiger partial charge in [-0.2, -0.15) is 0 Å². The van der Waals surface area contributed by atoms with Crippen LogP contribution in [0, 0.1) is 5.92 Å². The van der Waals surface area contributed by atoms with Crippen molar-refractivity contribution in [3.8, 4) is 0 Å². The minimum atomic E-state index is -1.02. The number of nitrogens with two attached hydrogens (primary N) is 1. The van der Waals surface area contributed by atoms with Gasteiger partial charge in [-0.05, 0) is 26.7 Å². The number of carbonyl (C=O) groups excluding carboxylic acids is 2. The van der Waals surface area contributed by atoms with Gasteiger partial charge in [0.1, 0.15) is 5.60 Å². The van der Waals surface area contributed by atoms with E-state index in [1.807, 2.05) is 13.8 Å². The molecule has 18 heavy (non-hydrogen) atoms. The van der Waals surface area contributed by atoms with Gasteiger partial charge in [0, 0.05) is 6.54 Å². The number of amides is 1. The second-order valence-electron chi connectivity index (χ2n) is 5.55. The first-order chi connectivity index (χ1) is 8.15. The van der Waals surface area contributed by atoms with Crippen LogP contribution in [0.2, 0.25) is 0 Å². The second kappa shape index (κ2) is 7.33. The minimum absolute atomic E-state index is 0.197. The summed E-state index contributed by atoms with van der Waals surface area (Å²) in [6.07, 6.45) is -1.21. The Morgan fingerprint density at radius 2 is 1.83 bits per heavy atom. The Morgan fingerprint density at radius 1 is 1.28 bits per heavy atom. The maximum atomic E-state index is 11.7. The molecule has 0 saturated heterocycles. The lowest BCUT2D eigenvalue weighted by molar-refractivity contribution is -0.161. The Balaban J connectivity index is 4.25. The first-order valence-electron chi connectivity index (χ1n) is 6.00. The van der Waals surface area contributed by atoms with Crippen LogP contribution in [0.3, 0.4) is 0 Å². The molecule has 6 nitrogen and oxygen atoms in total. The van der Waals surface area contributed by atoms with E-state index in [-0.39, 0.29) is 6.42 Å². The average molecular weight is 260 g/mol. The normalized spacial score (nSPS) is 13.3. The molecule has 6 heteroatoms. The van der Waals surface area contributed by atoms with Gasteiger partial charge in [0.15, 0.2) is 6.10 Å². The SMILES string of the molecule is CC(C)CNC(=O)C(CC(=O)OC(C)(C)C)ON. The Bertz CT molecular complexity index is 284. The third-order valence-electron chi connectivity index (χ3n) is 1.91. The molecule has 0 spiro atoms. The summed E-state index contributed by atoms with van der Waals surface area (Å²) in [4.78, 5) is 27.7. The summed E-state index contributed by atoms with van der Waals surface area (Å²) in [5, 5.41) is 2.65. The summed E-state index contributed by atoms with van der Waals surface area (Å²) >= 11 is 0. The first-order valence-corrected chi connectivity index (χ1v) is 6.00. The van der Waals surface area contributed by atoms with Crippen molar-refractivity contribution in [1.82, 2.24) is 5.32 Å². The molecule has 0 rings (SSSR count). The number of hydrogen-bond acceptors (Lipinski definition) is 5. The highest BCUT2D eigenvalue weighted by Crippen LogP contribution is 2.10. The van der Waals surface area contributed by atoms with Crippen LogP contribution in [-0.4, -0.2) is 30.1 Å². The van der Waals surface area contributed by atoms with E-state index in [2.05, 4.69) is 10.2 Å². The number of esters is 1. The van der Waals surface area contributed by atoms with Gasteiger partial charge in [-0.3, -0.25) is 14.4 Å². The lowest BCUT2D eigenvalue weighted by Gasteiger charge is -2.21. The number of hydrogen-bond donors (Lipinski definition) is 2. The van der Waals surface area contributed by atoms with Crippen molar-refractivity contribution < 1.29 is 19.2 Å². The van der Waals surface area contributed by atoms with Crippen LogP contribution in [0.25, 0.3) is 0 Å². The standard InChI is InChI=1S/C12H24N2O4/c1-8(2)7-14-11(16)9(18-13)6-10(15)17-12(3,4)5/h8-9H,6-7,13H2,1-5H3,(H,14,16). The van der Waals surface area contributed by atoms with Gasteiger partial charge in [-0.1, -0.05) is 13.8 Å². The highest BCUT2D eigenvalue weighted by atomic mass is 16.6. The molecular weight excluding hydrogens is 236 g/mol. The molecule has 0 aliphatic rings. The molecule has 0 aliphatic heterocycles. The van der Waals surface area contributed by atoms with Crippen molar-refractivity contribution in [2.45, 2.75) is 52.7 Å². The van der Waals surface area contributed by atoms with E-state index in [9.17, 15) is 9.59 Å². The topological polar surface area (TPSA) is 90.7 Å². The van der Waals surface area contributed by atoms with Gasteiger partial charge in [-0.25, -0.2) is 5.90 Å². The van der Waals surface area contributed by atoms with Crippen LogP contribution >= 0.6 is 0 Å². The molecule has 0 aromatic carbocycles. The Labute approximate surface area is 108 Å². The van der Waals surface area contributed by atoms with E-state index in [1.54, 1.807) is 20.8 Å². The average Bonchev–Trinajstić information content (AvgIpc) is 2.19. The zero-order chi connectivity index (χ0) is 14.3. The lowest BCUT2D eigenvalue weighted by atomic mass is 10.1. The van der Waals surface area contributed by atoms with Crippen molar-refractivity contribution in [3.05, 3.63) is 0 Å². The van der Waals surface area contributed by atoms with Gasteiger partial charge in [0.05, 0.1) is 6.42 Å². The molecule has 0 aliphatic carbocycles. The van der Waals surface area contributed by atoms with Gasteiger partial charge < -0.3 is 10.1 Å². The van der Waals surface area contributed by atoms with Crippen LogP contribution in [0.5, 0.6) is 0 Å². The van der Waals surface area contributed by atoms with E-state index in [4.69, 9.17) is 10.6 Å². The molecule has 0 saturated carbocycles. The predicted octanol–water partition coefficient (Wildman–Crippen LogP) is 0.749. The quantitative estimate of drug-likeness (QED) is 0.543. The van der Waals surface area contributed by atoms with Crippen molar-refractivity contribution in [2.24, 2.45) is 11.8 Å². The molecule has 0 aromatic rings. The molecule has 0 fully saturated rings. The summed E-state index contributed by atoms with van der Waals surface area (Å²) < 4.78 is 5.09. The largest absolute Gasteiger partial charge is 0.460 e. The summed E-state index contributed by atoms with van der Waals surface area (Å²) in [5.74, 6) is 4.42. The van der Waals surface area contributed by atoms with Crippen LogP contribution in [0.1, 0.15) is 41.0 Å². The molecular formula is C12H24N2O4. The zero-order valence-corrected chi connectivity index (χ0v) is 11.8. The fraction of sp³-hybridized carbons (Fsp3) is 0.833. The summed E-state index contributed by atoms with van der Waals surface area (Å²) in [5.41, 5.74) is -0.593. The molecule has 3 N–H and O–H groups in total. The van der Waals surface area contributed by atoms with Crippen molar-refractivity contribution in [3.63, 3.8) is 0 Å². The van der Waals surface area contributed by atoms with E-state index >= 15 is 0 Å². The fourth-order valence-electron chi connectivity index (χ4n) is 1.16. The van der Waals surface area contributed by atoms with Gasteiger partial charge >= 0.3 is 5.97 Å². The van der Waals surface area contributed by atoms with Crippen LogP contribution in [0.15, 0.2) is 0 Å². The molecule has 0 aromatic heterocycles. The van der Waals surface area contributed by atoms with Crippen molar-refractivity contribution in [1.29, 1.82) is 0 Å². The van der Waals surface area contributed by atoms with Gasteiger partial charge in [0.2, 0.25) is 0 Å². The van der Waals surface area contributed by atoms with Gasteiger partial charge in [0.25, 0.3) is 5.91 Å². The molecule has 0 radical (unpaired) electrons. The molecule has 1 unspecified atom stereocenters. The second-order valence-corrected chi connectivity index (χ2v) is 5.55. The summed E-state index contributed by atoms with van der Waals surface area (Å²) in [6.45, 7) is 9.69. The van der Waals surface area contributed by atoms with Crippen LogP contribution in [0.4, 0.5) is 0 Å². The van der Waals surface area contributed by atoms with E-state index < -0.39 is 23.6 Å². The zero-order valence-electron chi connectivity index (χ0n) is 11.8. The summed E-state index contributed by atoms with van der Waals surface area (Å²) in [7, 11) is 0. The Hall–Kier alpha value is -1.14. The summed E-state index contributed by atoms with van der Waals surface area (Å²) in [6, 6.07) is 0. The molecule has 1 atom stereocenters. The first kappa shape index (κ1) is 16.9. The fourth-order valence-corrected chi connectivity index (χ4v) is 1.16. The van der Waals surface area contributed by atoms with Crippen LogP contribution in [-0.2, 0) is 19.2 Å². The maximum Gasteiger partial charge on any atom is 0.309 e. The molecule has 1 amide bonds. The van der Waals surface area contributed by atoms with Crippen LogP contribution < -0.4 is 11.2 Å². The van der Waals surface area contributed by atoms with Crippen molar-refractivity contribution >= 4 is 11.9 Å². The molecule has 0 bridgehead atoms. The van der Waals surface area contributed by atoms with E-state index in [1.165, 1.54) is 0 Å². The lowest BCUT2D eigenvalue weighted by Crippen LogP contribution is -2.41. The predicted molar refractivity (Wildman–Crippen MR) is 67.4 cm³/mol. The number of ether oxygens (including phenoxy) is 1. The number of rotatable bonds is 6. The Kier molecular flexibility index (Phi) is 6.86. The van der Waals surface area contributed by atoms with Gasteiger partial charge in [-0.15, -0.1) is 0 Å². The highest BCUT2D eigenvalue weighted by molar-refractivity contribution is 5.85. The number of carbonyl (C=O) groups is 2. The van der Waals surface area contributed by atoms with E-state index in [0.717, 1.165) is 0 Å². The smallest absolute Gasteiger partial charge is 0.309 e. The molecule has 106 valence electrons. The number of nitrogens with one attached hydrogen (secondary N) is 1. The monoisotopic (exact) mass is 260 g/mol. The minimum Gasteiger partial charge on any atom is -0.460 e. The van der Waals surface area contributed by atoms with Crippen molar-refractivity contribution in [2.75, 3.05) is 6.54 Å². The third-order valence-corrected chi connectivity index (χ3v) is 1.91. The Morgan fingerprint density at radius 3 is 2.22 bits per heavy atom. The maximum absolute atomic E-state index is 11.7.